The first-order valence-corrected chi connectivity index (χ1v) is 10.5. The zero-order valence-corrected chi connectivity index (χ0v) is 17.0. The lowest BCUT2D eigenvalue weighted by Gasteiger charge is -2.16. The highest BCUT2D eigenvalue weighted by Crippen LogP contribution is 2.30. The highest BCUT2D eigenvalue weighted by Gasteiger charge is 2.29. The van der Waals surface area contributed by atoms with Gasteiger partial charge in [0.1, 0.15) is 16.9 Å². The Morgan fingerprint density at radius 2 is 1.61 bits per heavy atom. The van der Waals surface area contributed by atoms with Crippen molar-refractivity contribution in [1.82, 2.24) is 15.0 Å². The van der Waals surface area contributed by atoms with Gasteiger partial charge in [0.15, 0.2) is 6.10 Å². The van der Waals surface area contributed by atoms with E-state index in [0.717, 1.165) is 15.7 Å². The van der Waals surface area contributed by atoms with Crippen molar-refractivity contribution in [2.24, 2.45) is 0 Å². The lowest BCUT2D eigenvalue weighted by Crippen LogP contribution is -2.33. The molecule has 0 aliphatic carbocycles. The number of para-hydroxylation sites is 4. The number of imidazole rings is 1. The fraction of sp³-hybridized carbons (Fsp3) is 0.0870. The molecule has 8 heteroatoms. The van der Waals surface area contributed by atoms with E-state index in [2.05, 4.69) is 20.3 Å². The summed E-state index contributed by atoms with van der Waals surface area (Å²) in [6.07, 6.45) is -3.11. The second-order valence-corrected chi connectivity index (χ2v) is 8.11. The van der Waals surface area contributed by atoms with Crippen molar-refractivity contribution in [1.29, 1.82) is 0 Å². The Morgan fingerprint density at radius 3 is 2.42 bits per heavy atom. The van der Waals surface area contributed by atoms with Crippen molar-refractivity contribution < 1.29 is 15.0 Å². The van der Waals surface area contributed by atoms with Gasteiger partial charge >= 0.3 is 0 Å². The maximum Gasteiger partial charge on any atom is 0.256 e. The number of H-pyrrole nitrogens is 1. The standard InChI is InChI=1S/C23H18N4O3S/c28-19(20(29)23-27-17-11-5-6-12-18(17)31-23)22(30)26-14-8-2-1-7-13(14)21-24-15-9-3-4-10-16(15)25-21/h1-12,19-20,28-29H,(H,24,25)(H,26,30). The number of benzene rings is 3. The minimum Gasteiger partial charge on any atom is -0.383 e. The van der Waals surface area contributed by atoms with Crippen LogP contribution in [0, 0.1) is 0 Å². The van der Waals surface area contributed by atoms with E-state index in [1.807, 2.05) is 60.7 Å². The van der Waals surface area contributed by atoms with Crippen molar-refractivity contribution in [2.75, 3.05) is 5.32 Å². The second kappa shape index (κ2) is 7.92. The van der Waals surface area contributed by atoms with Crippen LogP contribution in [0.25, 0.3) is 32.6 Å². The summed E-state index contributed by atoms with van der Waals surface area (Å²) >= 11 is 1.24. The van der Waals surface area contributed by atoms with Gasteiger partial charge in [-0.1, -0.05) is 36.4 Å². The zero-order chi connectivity index (χ0) is 21.4. The minimum atomic E-state index is -1.68. The van der Waals surface area contributed by atoms with Gasteiger partial charge in [-0.15, -0.1) is 11.3 Å². The van der Waals surface area contributed by atoms with Crippen LogP contribution in [-0.4, -0.2) is 37.2 Å². The molecule has 7 nitrogen and oxygen atoms in total. The Kier molecular flexibility index (Phi) is 4.95. The molecular weight excluding hydrogens is 412 g/mol. The highest BCUT2D eigenvalue weighted by atomic mass is 32.1. The molecule has 0 aliphatic rings. The van der Waals surface area contributed by atoms with Crippen molar-refractivity contribution in [3.05, 3.63) is 77.8 Å². The largest absolute Gasteiger partial charge is 0.383 e. The Bertz CT molecular complexity index is 1330. The fourth-order valence-corrected chi connectivity index (χ4v) is 4.36. The third kappa shape index (κ3) is 3.68. The van der Waals surface area contributed by atoms with E-state index < -0.39 is 18.1 Å². The molecule has 0 bridgehead atoms. The molecule has 0 spiro atoms. The van der Waals surface area contributed by atoms with Crippen LogP contribution in [0.2, 0.25) is 0 Å². The molecule has 1 amide bonds. The molecule has 0 saturated carbocycles. The van der Waals surface area contributed by atoms with Crippen molar-refractivity contribution >= 4 is 44.2 Å². The first kappa shape index (κ1) is 19.4. The molecular formula is C23H18N4O3S. The molecule has 0 fully saturated rings. The zero-order valence-electron chi connectivity index (χ0n) is 16.2. The molecule has 2 unspecified atom stereocenters. The molecule has 0 saturated heterocycles. The maximum absolute atomic E-state index is 12.7. The fourth-order valence-electron chi connectivity index (χ4n) is 3.38. The molecule has 2 aromatic heterocycles. The van der Waals surface area contributed by atoms with Crippen LogP contribution in [0.4, 0.5) is 5.69 Å². The number of aliphatic hydroxyl groups is 2. The Morgan fingerprint density at radius 1 is 0.903 bits per heavy atom. The van der Waals surface area contributed by atoms with E-state index in [1.54, 1.807) is 12.1 Å². The third-order valence-electron chi connectivity index (χ3n) is 4.96. The molecule has 4 N–H and O–H groups in total. The van der Waals surface area contributed by atoms with Gasteiger partial charge in [0.25, 0.3) is 5.91 Å². The van der Waals surface area contributed by atoms with Gasteiger partial charge < -0.3 is 20.5 Å². The third-order valence-corrected chi connectivity index (χ3v) is 6.07. The summed E-state index contributed by atoms with van der Waals surface area (Å²) < 4.78 is 0.874. The normalized spacial score (nSPS) is 13.4. The number of fused-ring (bicyclic) bond motifs is 2. The second-order valence-electron chi connectivity index (χ2n) is 7.05. The number of nitrogens with zero attached hydrogens (tertiary/aromatic N) is 2. The number of aliphatic hydroxyl groups excluding tert-OH is 2. The number of aromatic amines is 1. The molecule has 5 aromatic rings. The van der Waals surface area contributed by atoms with E-state index in [0.29, 0.717) is 22.6 Å². The monoisotopic (exact) mass is 430 g/mol. The topological polar surface area (TPSA) is 111 Å². The van der Waals surface area contributed by atoms with Gasteiger partial charge in [-0.05, 0) is 36.4 Å². The minimum absolute atomic E-state index is 0.286. The number of aromatic nitrogens is 3. The number of hydrogen-bond donors (Lipinski definition) is 4. The Hall–Kier alpha value is -3.59. The quantitative estimate of drug-likeness (QED) is 0.338. The summed E-state index contributed by atoms with van der Waals surface area (Å²) in [4.78, 5) is 24.9. The van der Waals surface area contributed by atoms with Crippen molar-refractivity contribution in [2.45, 2.75) is 12.2 Å². The summed E-state index contributed by atoms with van der Waals surface area (Å²) in [5.41, 5.74) is 3.55. The SMILES string of the molecule is O=C(Nc1ccccc1-c1nc2ccccc2[nH]1)C(O)C(O)c1nc2ccccc2s1. The van der Waals surface area contributed by atoms with E-state index in [-0.39, 0.29) is 5.01 Å². The van der Waals surface area contributed by atoms with E-state index in [9.17, 15) is 15.0 Å². The lowest BCUT2D eigenvalue weighted by molar-refractivity contribution is -0.129. The summed E-state index contributed by atoms with van der Waals surface area (Å²) in [6.45, 7) is 0. The molecule has 5 rings (SSSR count). The number of anilines is 1. The van der Waals surface area contributed by atoms with Gasteiger partial charge in [0, 0.05) is 5.56 Å². The predicted molar refractivity (Wildman–Crippen MR) is 121 cm³/mol. The Labute approximate surface area is 181 Å². The molecule has 2 atom stereocenters. The van der Waals surface area contributed by atoms with Gasteiger partial charge in [0.2, 0.25) is 0 Å². The van der Waals surface area contributed by atoms with Gasteiger partial charge in [0.05, 0.1) is 26.9 Å². The number of carbonyl (C=O) groups is 1. The first-order valence-electron chi connectivity index (χ1n) is 9.67. The molecule has 154 valence electrons. The summed E-state index contributed by atoms with van der Waals surface area (Å²) in [5, 5.41) is 24.0. The number of hydrogen-bond acceptors (Lipinski definition) is 6. The van der Waals surface area contributed by atoms with Crippen LogP contribution in [0.3, 0.4) is 0 Å². The number of nitrogens with one attached hydrogen (secondary N) is 2. The van der Waals surface area contributed by atoms with Gasteiger partial charge in [-0.25, -0.2) is 9.97 Å². The Balaban J connectivity index is 1.40. The van der Waals surface area contributed by atoms with Gasteiger partial charge in [-0.3, -0.25) is 4.79 Å². The summed E-state index contributed by atoms with van der Waals surface area (Å²) in [7, 11) is 0. The molecule has 31 heavy (non-hydrogen) atoms. The van der Waals surface area contributed by atoms with E-state index >= 15 is 0 Å². The molecule has 2 heterocycles. The lowest BCUT2D eigenvalue weighted by atomic mass is 10.1. The van der Waals surface area contributed by atoms with Gasteiger partial charge in [-0.2, -0.15) is 0 Å². The maximum atomic E-state index is 12.7. The molecule has 3 aromatic carbocycles. The van der Waals surface area contributed by atoms with Crippen molar-refractivity contribution in [3.63, 3.8) is 0 Å². The van der Waals surface area contributed by atoms with E-state index in [4.69, 9.17) is 0 Å². The average Bonchev–Trinajstić information content (AvgIpc) is 3.42. The van der Waals surface area contributed by atoms with Crippen LogP contribution in [-0.2, 0) is 4.79 Å². The first-order chi connectivity index (χ1) is 15.1. The highest BCUT2D eigenvalue weighted by molar-refractivity contribution is 7.18. The van der Waals surface area contributed by atoms with E-state index in [1.165, 1.54) is 11.3 Å². The summed E-state index contributed by atoms with van der Waals surface area (Å²) in [5.74, 6) is -0.131. The number of amides is 1. The molecule has 0 aliphatic heterocycles. The average molecular weight is 430 g/mol. The van der Waals surface area contributed by atoms with Crippen LogP contribution >= 0.6 is 11.3 Å². The number of carbonyl (C=O) groups excluding carboxylic acids is 1. The predicted octanol–water partition coefficient (Wildman–Crippen LogP) is 3.87. The summed E-state index contributed by atoms with van der Waals surface area (Å²) in [6, 6.07) is 22.2. The smallest absolute Gasteiger partial charge is 0.256 e. The van der Waals surface area contributed by atoms with Crippen LogP contribution in [0.15, 0.2) is 72.8 Å². The van der Waals surface area contributed by atoms with Crippen LogP contribution in [0.5, 0.6) is 0 Å². The van der Waals surface area contributed by atoms with Crippen LogP contribution < -0.4 is 5.32 Å². The van der Waals surface area contributed by atoms with Crippen LogP contribution in [0.1, 0.15) is 11.1 Å². The number of rotatable bonds is 5. The number of thiazole rings is 1. The molecule has 0 radical (unpaired) electrons. The van der Waals surface area contributed by atoms with Crippen molar-refractivity contribution in [3.8, 4) is 11.4 Å².